The minimum atomic E-state index is -0.520. The summed E-state index contributed by atoms with van der Waals surface area (Å²) in [5.74, 6) is -0.586. The second kappa shape index (κ2) is 5.92. The van der Waals surface area contributed by atoms with Crippen LogP contribution in [0.4, 0.5) is 0 Å². The lowest BCUT2D eigenvalue weighted by atomic mass is 10.1. The molecule has 1 aliphatic rings. The largest absolute Gasteiger partial charge is 0.366 e. The zero-order valence-corrected chi connectivity index (χ0v) is 12.2. The van der Waals surface area contributed by atoms with Crippen molar-refractivity contribution in [2.24, 2.45) is 5.16 Å². The summed E-state index contributed by atoms with van der Waals surface area (Å²) in [5.41, 5.74) is 1.46. The molecule has 19 heavy (non-hydrogen) atoms. The summed E-state index contributed by atoms with van der Waals surface area (Å²) in [6.45, 7) is 1.68. The molecule has 0 fully saturated rings. The topological polar surface area (TPSA) is 55.7 Å². The van der Waals surface area contributed by atoms with Gasteiger partial charge in [0, 0.05) is 3.57 Å². The number of carbonyl (C=O) groups is 2. The maximum atomic E-state index is 11.8. The highest BCUT2D eigenvalue weighted by molar-refractivity contribution is 14.1. The molecule has 1 aromatic rings. The predicted octanol–water partition coefficient (Wildman–Crippen LogP) is 2.89. The van der Waals surface area contributed by atoms with Gasteiger partial charge >= 0.3 is 5.97 Å². The van der Waals surface area contributed by atoms with Gasteiger partial charge in [0.05, 0.1) is 5.56 Å². The fraction of sp³-hybridized carbons (Fsp3) is 0.0714. The lowest BCUT2D eigenvalue weighted by Gasteiger charge is -2.04. The third kappa shape index (κ3) is 3.37. The number of oxime groups is 1. The van der Waals surface area contributed by atoms with E-state index >= 15 is 0 Å². The van der Waals surface area contributed by atoms with E-state index in [1.165, 1.54) is 12.2 Å². The molecule has 5 heteroatoms. The molecule has 0 amide bonds. The van der Waals surface area contributed by atoms with Crippen molar-refractivity contribution in [3.8, 4) is 0 Å². The van der Waals surface area contributed by atoms with Crippen LogP contribution in [0.25, 0.3) is 0 Å². The Kier molecular flexibility index (Phi) is 4.26. The van der Waals surface area contributed by atoms with Crippen LogP contribution in [0, 0.1) is 3.57 Å². The number of halogens is 1. The first-order valence-corrected chi connectivity index (χ1v) is 6.60. The van der Waals surface area contributed by atoms with Gasteiger partial charge in [-0.1, -0.05) is 17.3 Å². The number of benzene rings is 1. The second-order valence-corrected chi connectivity index (χ2v) is 5.06. The zero-order chi connectivity index (χ0) is 13.8. The first-order valence-electron chi connectivity index (χ1n) is 5.52. The van der Waals surface area contributed by atoms with Gasteiger partial charge in [-0.15, -0.1) is 0 Å². The first kappa shape index (κ1) is 13.7. The lowest BCUT2D eigenvalue weighted by molar-refractivity contribution is -0.111. The summed E-state index contributed by atoms with van der Waals surface area (Å²) in [6, 6.07) is 7.08. The van der Waals surface area contributed by atoms with Crippen molar-refractivity contribution in [1.29, 1.82) is 0 Å². The summed E-state index contributed by atoms with van der Waals surface area (Å²) in [4.78, 5) is 27.9. The fourth-order valence-electron chi connectivity index (χ4n) is 1.46. The number of allylic oxidation sites excluding steroid dienone is 4. The van der Waals surface area contributed by atoms with Crippen LogP contribution in [0.5, 0.6) is 0 Å². The molecule has 2 rings (SSSR count). The van der Waals surface area contributed by atoms with Gasteiger partial charge in [0.1, 0.15) is 5.71 Å². The fourth-order valence-corrected chi connectivity index (χ4v) is 2.07. The van der Waals surface area contributed by atoms with Gasteiger partial charge in [-0.25, -0.2) is 4.79 Å². The van der Waals surface area contributed by atoms with E-state index in [9.17, 15) is 9.59 Å². The van der Waals surface area contributed by atoms with E-state index in [1.807, 2.05) is 12.1 Å². The summed E-state index contributed by atoms with van der Waals surface area (Å²) in [6.07, 6.45) is 4.48. The van der Waals surface area contributed by atoms with Crippen molar-refractivity contribution in [3.05, 3.63) is 57.2 Å². The average molecular weight is 367 g/mol. The molecular formula is C14H10INO3. The lowest BCUT2D eigenvalue weighted by Crippen LogP contribution is -2.08. The third-order valence-electron chi connectivity index (χ3n) is 2.49. The highest BCUT2D eigenvalue weighted by Crippen LogP contribution is 2.13. The van der Waals surface area contributed by atoms with Crippen molar-refractivity contribution >= 4 is 40.1 Å². The Morgan fingerprint density at radius 3 is 2.68 bits per heavy atom. The van der Waals surface area contributed by atoms with Crippen LogP contribution in [0.2, 0.25) is 0 Å². The van der Waals surface area contributed by atoms with Gasteiger partial charge in [-0.05, 0) is 65.4 Å². The standard InChI is InChI=1S/C14H10INO3/c1-9-8-10(6-7-13(9)17)16-19-14(18)11-4-2-3-5-12(11)15/h2-8H,1H3. The van der Waals surface area contributed by atoms with E-state index in [0.29, 0.717) is 16.8 Å². The molecule has 0 N–H and O–H groups in total. The Hall–Kier alpha value is -1.76. The summed E-state index contributed by atoms with van der Waals surface area (Å²) < 4.78 is 0.798. The van der Waals surface area contributed by atoms with Crippen molar-refractivity contribution in [1.82, 2.24) is 0 Å². The van der Waals surface area contributed by atoms with E-state index in [2.05, 4.69) is 27.7 Å². The molecular weight excluding hydrogens is 357 g/mol. The van der Waals surface area contributed by atoms with Crippen molar-refractivity contribution in [2.75, 3.05) is 0 Å². The average Bonchev–Trinajstić information content (AvgIpc) is 2.40. The van der Waals surface area contributed by atoms with Crippen LogP contribution in [0.1, 0.15) is 17.3 Å². The van der Waals surface area contributed by atoms with Crippen molar-refractivity contribution in [2.45, 2.75) is 6.92 Å². The SMILES string of the molecule is CC1=CC(=NOC(=O)c2ccccc2I)C=CC1=O. The van der Waals surface area contributed by atoms with E-state index < -0.39 is 5.97 Å². The first-order chi connectivity index (χ1) is 9.08. The molecule has 1 aromatic carbocycles. The molecule has 0 aromatic heterocycles. The highest BCUT2D eigenvalue weighted by atomic mass is 127. The highest BCUT2D eigenvalue weighted by Gasteiger charge is 2.12. The minimum Gasteiger partial charge on any atom is -0.312 e. The summed E-state index contributed by atoms with van der Waals surface area (Å²) >= 11 is 2.06. The van der Waals surface area contributed by atoms with Gasteiger partial charge < -0.3 is 4.84 Å². The molecule has 0 saturated heterocycles. The molecule has 0 atom stereocenters. The summed E-state index contributed by atoms with van der Waals surface area (Å²) in [5, 5.41) is 3.73. The van der Waals surface area contributed by atoms with Crippen LogP contribution in [0.3, 0.4) is 0 Å². The molecule has 96 valence electrons. The minimum absolute atomic E-state index is 0.0668. The van der Waals surface area contributed by atoms with Crippen molar-refractivity contribution < 1.29 is 14.4 Å². The van der Waals surface area contributed by atoms with E-state index in [1.54, 1.807) is 25.1 Å². The molecule has 0 spiro atoms. The second-order valence-electron chi connectivity index (χ2n) is 3.90. The van der Waals surface area contributed by atoms with E-state index in [0.717, 1.165) is 3.57 Å². The molecule has 1 aliphatic carbocycles. The van der Waals surface area contributed by atoms with Crippen LogP contribution < -0.4 is 0 Å². The molecule has 0 aliphatic heterocycles. The predicted molar refractivity (Wildman–Crippen MR) is 79.9 cm³/mol. The Morgan fingerprint density at radius 2 is 2.00 bits per heavy atom. The molecule has 0 unspecified atom stereocenters. The molecule has 0 heterocycles. The monoisotopic (exact) mass is 367 g/mol. The van der Waals surface area contributed by atoms with Gasteiger partial charge in [0.2, 0.25) is 0 Å². The van der Waals surface area contributed by atoms with Crippen LogP contribution in [-0.4, -0.2) is 17.5 Å². The van der Waals surface area contributed by atoms with Crippen LogP contribution >= 0.6 is 22.6 Å². The van der Waals surface area contributed by atoms with Crippen LogP contribution in [-0.2, 0) is 9.63 Å². The Labute approximate surface area is 124 Å². The van der Waals surface area contributed by atoms with Crippen molar-refractivity contribution in [3.63, 3.8) is 0 Å². The number of nitrogens with zero attached hydrogens (tertiary/aromatic N) is 1. The normalized spacial score (nSPS) is 16.4. The summed E-state index contributed by atoms with van der Waals surface area (Å²) in [7, 11) is 0. The Morgan fingerprint density at radius 1 is 1.26 bits per heavy atom. The number of ketones is 1. The van der Waals surface area contributed by atoms with Gasteiger partial charge in [0.15, 0.2) is 5.78 Å². The molecule has 4 nitrogen and oxygen atoms in total. The number of rotatable bonds is 2. The smallest absolute Gasteiger partial charge is 0.312 e. The number of hydrogen-bond donors (Lipinski definition) is 0. The van der Waals surface area contributed by atoms with Crippen LogP contribution in [0.15, 0.2) is 53.2 Å². The Bertz CT molecular complexity index is 629. The maximum absolute atomic E-state index is 11.8. The quantitative estimate of drug-likeness (QED) is 0.350. The van der Waals surface area contributed by atoms with E-state index in [4.69, 9.17) is 4.84 Å². The number of carbonyl (C=O) groups excluding carboxylic acids is 2. The number of hydrogen-bond acceptors (Lipinski definition) is 4. The third-order valence-corrected chi connectivity index (χ3v) is 3.43. The maximum Gasteiger partial charge on any atom is 0.366 e. The zero-order valence-electron chi connectivity index (χ0n) is 10.1. The molecule has 0 radical (unpaired) electrons. The van der Waals surface area contributed by atoms with Gasteiger partial charge in [-0.3, -0.25) is 4.79 Å². The van der Waals surface area contributed by atoms with Gasteiger partial charge in [0.25, 0.3) is 0 Å². The van der Waals surface area contributed by atoms with E-state index in [-0.39, 0.29) is 5.78 Å². The molecule has 0 saturated carbocycles. The van der Waals surface area contributed by atoms with Gasteiger partial charge in [-0.2, -0.15) is 0 Å². The Balaban J connectivity index is 2.12. The molecule has 0 bridgehead atoms.